The molecule has 1 nitrogen and oxygen atoms in total. The summed E-state index contributed by atoms with van der Waals surface area (Å²) in [7, 11) is 0. The zero-order chi connectivity index (χ0) is 10.7. The maximum absolute atomic E-state index is 6.40. The molecule has 0 radical (unpaired) electrons. The van der Waals surface area contributed by atoms with Crippen LogP contribution >= 0.6 is 11.6 Å². The smallest absolute Gasteiger partial charge is 0.0408 e. The normalized spacial score (nSPS) is 20.1. The molecule has 82 valence electrons. The van der Waals surface area contributed by atoms with E-state index in [0.29, 0.717) is 0 Å². The Labute approximate surface area is 96.6 Å². The van der Waals surface area contributed by atoms with Gasteiger partial charge in [0, 0.05) is 10.6 Å². The lowest BCUT2D eigenvalue weighted by Crippen LogP contribution is -2.43. The largest absolute Gasteiger partial charge is 0.325 e. The van der Waals surface area contributed by atoms with E-state index in [1.165, 1.54) is 24.8 Å². The van der Waals surface area contributed by atoms with Gasteiger partial charge in [-0.05, 0) is 37.0 Å². The molecule has 2 heteroatoms. The Morgan fingerprint density at radius 3 is 2.60 bits per heavy atom. The second-order valence-electron chi connectivity index (χ2n) is 4.73. The van der Waals surface area contributed by atoms with Crippen molar-refractivity contribution in [2.24, 2.45) is 5.73 Å². The molecule has 1 aliphatic rings. The van der Waals surface area contributed by atoms with Gasteiger partial charge in [0.1, 0.15) is 0 Å². The third-order valence-electron chi connectivity index (χ3n) is 3.29. The van der Waals surface area contributed by atoms with Gasteiger partial charge in [0.25, 0.3) is 0 Å². The summed E-state index contributed by atoms with van der Waals surface area (Å²) in [5.74, 6) is 0. The topological polar surface area (TPSA) is 26.0 Å². The van der Waals surface area contributed by atoms with Gasteiger partial charge in [0.05, 0.1) is 0 Å². The molecule has 2 N–H and O–H groups in total. The van der Waals surface area contributed by atoms with Crippen molar-refractivity contribution in [2.45, 2.75) is 44.1 Å². The lowest BCUT2D eigenvalue weighted by atomic mass is 9.78. The Morgan fingerprint density at radius 1 is 1.20 bits per heavy atom. The molecular weight excluding hydrogens is 206 g/mol. The van der Waals surface area contributed by atoms with E-state index in [2.05, 4.69) is 6.07 Å². The molecule has 0 amide bonds. The molecule has 0 saturated heterocycles. The first-order chi connectivity index (χ1) is 7.18. The first-order valence-corrected chi connectivity index (χ1v) is 6.09. The molecular formula is C13H18ClN. The summed E-state index contributed by atoms with van der Waals surface area (Å²) in [6.45, 7) is 0. The van der Waals surface area contributed by atoms with Crippen molar-refractivity contribution in [1.29, 1.82) is 0 Å². The van der Waals surface area contributed by atoms with Crippen LogP contribution in [0, 0.1) is 0 Å². The Kier molecular flexibility index (Phi) is 3.32. The Hall–Kier alpha value is -0.530. The molecule has 0 aromatic heterocycles. The fraction of sp³-hybridized carbons (Fsp3) is 0.538. The van der Waals surface area contributed by atoms with Gasteiger partial charge < -0.3 is 5.73 Å². The molecule has 2 rings (SSSR count). The summed E-state index contributed by atoms with van der Waals surface area (Å²) in [5.41, 5.74) is 7.69. The second-order valence-corrected chi connectivity index (χ2v) is 5.17. The van der Waals surface area contributed by atoms with Crippen LogP contribution in [0.1, 0.15) is 37.7 Å². The fourth-order valence-electron chi connectivity index (χ4n) is 2.49. The third-order valence-corrected chi connectivity index (χ3v) is 3.53. The lowest BCUT2D eigenvalue weighted by Gasteiger charge is -2.33. The number of benzene rings is 1. The van der Waals surface area contributed by atoms with Crippen LogP contribution in [0.15, 0.2) is 24.3 Å². The number of hydrogen-bond donors (Lipinski definition) is 1. The summed E-state index contributed by atoms with van der Waals surface area (Å²) in [5, 5.41) is 0.812. The van der Waals surface area contributed by atoms with Gasteiger partial charge in [0.2, 0.25) is 0 Å². The monoisotopic (exact) mass is 223 g/mol. The highest BCUT2D eigenvalue weighted by Crippen LogP contribution is 2.29. The number of rotatable bonds is 2. The maximum atomic E-state index is 6.40. The molecule has 0 aliphatic heterocycles. The fourth-order valence-corrected chi connectivity index (χ4v) is 2.70. The zero-order valence-electron chi connectivity index (χ0n) is 9.01. The van der Waals surface area contributed by atoms with Gasteiger partial charge in [0.15, 0.2) is 0 Å². The average molecular weight is 224 g/mol. The Morgan fingerprint density at radius 2 is 1.93 bits per heavy atom. The molecule has 0 atom stereocenters. The SMILES string of the molecule is NC1(Cc2cccc(Cl)c2)CCCCC1. The summed E-state index contributed by atoms with van der Waals surface area (Å²) in [6, 6.07) is 8.07. The van der Waals surface area contributed by atoms with Crippen LogP contribution in [0.4, 0.5) is 0 Å². The van der Waals surface area contributed by atoms with E-state index in [1.54, 1.807) is 0 Å². The molecule has 1 aromatic rings. The van der Waals surface area contributed by atoms with Gasteiger partial charge in [-0.3, -0.25) is 0 Å². The highest BCUT2D eigenvalue weighted by atomic mass is 35.5. The van der Waals surface area contributed by atoms with Crippen LogP contribution in [0.25, 0.3) is 0 Å². The van der Waals surface area contributed by atoms with Gasteiger partial charge in [-0.25, -0.2) is 0 Å². The summed E-state index contributed by atoms with van der Waals surface area (Å²) < 4.78 is 0. The molecule has 1 fully saturated rings. The van der Waals surface area contributed by atoms with E-state index in [9.17, 15) is 0 Å². The van der Waals surface area contributed by atoms with Gasteiger partial charge in [-0.1, -0.05) is 43.0 Å². The summed E-state index contributed by atoms with van der Waals surface area (Å²) in [4.78, 5) is 0. The van der Waals surface area contributed by atoms with Crippen LogP contribution in [-0.2, 0) is 6.42 Å². The highest BCUT2D eigenvalue weighted by molar-refractivity contribution is 6.30. The molecule has 0 unspecified atom stereocenters. The molecule has 1 aromatic carbocycles. The Bertz CT molecular complexity index is 329. The number of nitrogens with two attached hydrogens (primary N) is 1. The minimum Gasteiger partial charge on any atom is -0.325 e. The van der Waals surface area contributed by atoms with Crippen molar-refractivity contribution >= 4 is 11.6 Å². The standard InChI is InChI=1S/C13H18ClN/c14-12-6-4-5-11(9-12)10-13(15)7-2-1-3-8-13/h4-6,9H,1-3,7-8,10,15H2. The van der Waals surface area contributed by atoms with E-state index < -0.39 is 0 Å². The summed E-state index contributed by atoms with van der Waals surface area (Å²) >= 11 is 5.97. The van der Waals surface area contributed by atoms with Crippen LogP contribution < -0.4 is 5.73 Å². The molecule has 0 bridgehead atoms. The van der Waals surface area contributed by atoms with Crippen LogP contribution in [0.5, 0.6) is 0 Å². The van der Waals surface area contributed by atoms with E-state index in [0.717, 1.165) is 24.3 Å². The van der Waals surface area contributed by atoms with E-state index in [4.69, 9.17) is 17.3 Å². The van der Waals surface area contributed by atoms with Crippen LogP contribution in [0.2, 0.25) is 5.02 Å². The quantitative estimate of drug-likeness (QED) is 0.816. The highest BCUT2D eigenvalue weighted by Gasteiger charge is 2.27. The molecule has 1 aliphatic carbocycles. The number of halogens is 1. The van der Waals surface area contributed by atoms with Crippen molar-refractivity contribution in [3.05, 3.63) is 34.9 Å². The van der Waals surface area contributed by atoms with Crippen molar-refractivity contribution in [2.75, 3.05) is 0 Å². The third kappa shape index (κ3) is 2.96. The van der Waals surface area contributed by atoms with Crippen molar-refractivity contribution < 1.29 is 0 Å². The van der Waals surface area contributed by atoms with E-state index >= 15 is 0 Å². The predicted octanol–water partition coefficient (Wildman–Crippen LogP) is 3.54. The number of hydrogen-bond acceptors (Lipinski definition) is 1. The van der Waals surface area contributed by atoms with Gasteiger partial charge in [-0.15, -0.1) is 0 Å². The van der Waals surface area contributed by atoms with E-state index in [-0.39, 0.29) is 5.54 Å². The first-order valence-electron chi connectivity index (χ1n) is 5.71. The van der Waals surface area contributed by atoms with Gasteiger partial charge in [-0.2, -0.15) is 0 Å². The summed E-state index contributed by atoms with van der Waals surface area (Å²) in [6.07, 6.45) is 7.16. The van der Waals surface area contributed by atoms with Gasteiger partial charge >= 0.3 is 0 Å². The van der Waals surface area contributed by atoms with Crippen LogP contribution in [-0.4, -0.2) is 5.54 Å². The Balaban J connectivity index is 2.06. The lowest BCUT2D eigenvalue weighted by molar-refractivity contribution is 0.294. The molecule has 15 heavy (non-hydrogen) atoms. The maximum Gasteiger partial charge on any atom is 0.0408 e. The zero-order valence-corrected chi connectivity index (χ0v) is 9.76. The molecule has 0 heterocycles. The van der Waals surface area contributed by atoms with Crippen molar-refractivity contribution in [3.63, 3.8) is 0 Å². The van der Waals surface area contributed by atoms with Crippen molar-refractivity contribution in [3.8, 4) is 0 Å². The molecule has 1 saturated carbocycles. The van der Waals surface area contributed by atoms with Crippen LogP contribution in [0.3, 0.4) is 0 Å². The van der Waals surface area contributed by atoms with E-state index in [1.807, 2.05) is 18.2 Å². The first kappa shape index (κ1) is 11.0. The minimum atomic E-state index is 0.0168. The second kappa shape index (κ2) is 4.54. The minimum absolute atomic E-state index is 0.0168. The molecule has 0 spiro atoms. The predicted molar refractivity (Wildman–Crippen MR) is 65.2 cm³/mol. The average Bonchev–Trinajstić information content (AvgIpc) is 2.18. The van der Waals surface area contributed by atoms with Crippen molar-refractivity contribution in [1.82, 2.24) is 0 Å².